The first-order chi connectivity index (χ1) is 8.88. The Bertz CT molecular complexity index is 661. The molecule has 0 spiro atoms. The van der Waals surface area contributed by atoms with Crippen molar-refractivity contribution in [3.63, 3.8) is 0 Å². The van der Waals surface area contributed by atoms with Gasteiger partial charge in [-0.25, -0.2) is 13.4 Å². The van der Waals surface area contributed by atoms with Gasteiger partial charge in [-0.2, -0.15) is 4.72 Å². The average Bonchev–Trinajstić information content (AvgIpc) is 2.76. The van der Waals surface area contributed by atoms with Gasteiger partial charge < -0.3 is 9.52 Å². The van der Waals surface area contributed by atoms with Gasteiger partial charge in [-0.1, -0.05) is 0 Å². The van der Waals surface area contributed by atoms with Crippen molar-refractivity contribution in [1.82, 2.24) is 9.71 Å². The standard InChI is InChI=1S/C12H14N2O4S/c1-8-7-13-12(18-8)9(2)14-19(16,17)11-5-3-10(15)4-6-11/h3-7,9,14-15H,1-2H3. The number of aromatic hydroxyl groups is 1. The highest BCUT2D eigenvalue weighted by Crippen LogP contribution is 2.18. The molecule has 1 aromatic heterocycles. The quantitative estimate of drug-likeness (QED) is 0.890. The number of phenolic OH excluding ortho intramolecular Hbond substituents is 1. The summed E-state index contributed by atoms with van der Waals surface area (Å²) in [6, 6.07) is 4.70. The first kappa shape index (κ1) is 13.6. The molecule has 0 bridgehead atoms. The molecule has 0 saturated heterocycles. The zero-order valence-electron chi connectivity index (χ0n) is 10.5. The lowest BCUT2D eigenvalue weighted by Crippen LogP contribution is -2.27. The molecule has 2 aromatic rings. The molecule has 0 radical (unpaired) electrons. The van der Waals surface area contributed by atoms with Crippen molar-refractivity contribution in [2.24, 2.45) is 0 Å². The van der Waals surface area contributed by atoms with Crippen LogP contribution in [0.25, 0.3) is 0 Å². The zero-order chi connectivity index (χ0) is 14.0. The van der Waals surface area contributed by atoms with Crippen LogP contribution in [0, 0.1) is 6.92 Å². The van der Waals surface area contributed by atoms with Crippen LogP contribution in [0.4, 0.5) is 0 Å². The lowest BCUT2D eigenvalue weighted by atomic mass is 10.3. The monoisotopic (exact) mass is 282 g/mol. The van der Waals surface area contributed by atoms with Crippen LogP contribution in [-0.2, 0) is 10.0 Å². The molecule has 7 heteroatoms. The molecule has 0 aliphatic heterocycles. The first-order valence-corrected chi connectivity index (χ1v) is 7.10. The molecular formula is C12H14N2O4S. The van der Waals surface area contributed by atoms with E-state index < -0.39 is 16.1 Å². The molecule has 0 fully saturated rings. The maximum Gasteiger partial charge on any atom is 0.241 e. The highest BCUT2D eigenvalue weighted by atomic mass is 32.2. The number of nitrogens with one attached hydrogen (secondary N) is 1. The second-order valence-electron chi connectivity index (χ2n) is 4.15. The van der Waals surface area contributed by atoms with Crippen LogP contribution in [-0.4, -0.2) is 18.5 Å². The third-order valence-electron chi connectivity index (χ3n) is 2.49. The SMILES string of the molecule is Cc1cnc(C(C)NS(=O)(=O)c2ccc(O)cc2)o1. The summed E-state index contributed by atoms with van der Waals surface area (Å²) in [5, 5.41) is 9.14. The van der Waals surface area contributed by atoms with Gasteiger partial charge >= 0.3 is 0 Å². The Labute approximate surface area is 111 Å². The van der Waals surface area contributed by atoms with E-state index in [9.17, 15) is 8.42 Å². The van der Waals surface area contributed by atoms with E-state index in [2.05, 4.69) is 9.71 Å². The highest BCUT2D eigenvalue weighted by Gasteiger charge is 2.21. The fourth-order valence-corrected chi connectivity index (χ4v) is 2.75. The van der Waals surface area contributed by atoms with Gasteiger partial charge in [0.25, 0.3) is 0 Å². The topological polar surface area (TPSA) is 92.4 Å². The molecule has 0 amide bonds. The number of hydrogen-bond donors (Lipinski definition) is 2. The van der Waals surface area contributed by atoms with Crippen molar-refractivity contribution >= 4 is 10.0 Å². The van der Waals surface area contributed by atoms with Crippen molar-refractivity contribution < 1.29 is 17.9 Å². The molecule has 1 aromatic carbocycles. The summed E-state index contributed by atoms with van der Waals surface area (Å²) in [7, 11) is -3.68. The van der Waals surface area contributed by atoms with Gasteiger partial charge in [-0.05, 0) is 38.1 Å². The van der Waals surface area contributed by atoms with Crippen LogP contribution in [0.2, 0.25) is 0 Å². The molecule has 1 heterocycles. The van der Waals surface area contributed by atoms with E-state index in [0.29, 0.717) is 11.7 Å². The van der Waals surface area contributed by atoms with Crippen LogP contribution < -0.4 is 4.72 Å². The molecule has 19 heavy (non-hydrogen) atoms. The molecule has 1 atom stereocenters. The van der Waals surface area contributed by atoms with E-state index in [1.165, 1.54) is 30.5 Å². The second-order valence-corrected chi connectivity index (χ2v) is 5.86. The molecule has 2 N–H and O–H groups in total. The largest absolute Gasteiger partial charge is 0.508 e. The van der Waals surface area contributed by atoms with Gasteiger partial charge in [-0.15, -0.1) is 0 Å². The minimum Gasteiger partial charge on any atom is -0.508 e. The smallest absolute Gasteiger partial charge is 0.241 e. The molecule has 1 unspecified atom stereocenters. The lowest BCUT2D eigenvalue weighted by molar-refractivity contribution is 0.427. The Morgan fingerprint density at radius 3 is 2.47 bits per heavy atom. The van der Waals surface area contributed by atoms with Gasteiger partial charge in [0.05, 0.1) is 17.1 Å². The third kappa shape index (κ3) is 3.12. The number of sulfonamides is 1. The molecule has 0 aliphatic carbocycles. The van der Waals surface area contributed by atoms with Crippen LogP contribution in [0.5, 0.6) is 5.75 Å². The number of phenols is 1. The normalized spacial score (nSPS) is 13.4. The number of hydrogen-bond acceptors (Lipinski definition) is 5. The fraction of sp³-hybridized carbons (Fsp3) is 0.250. The number of oxazole rings is 1. The lowest BCUT2D eigenvalue weighted by Gasteiger charge is -2.11. The van der Waals surface area contributed by atoms with E-state index in [-0.39, 0.29) is 10.6 Å². The van der Waals surface area contributed by atoms with Gasteiger partial charge in [0, 0.05) is 0 Å². The van der Waals surface area contributed by atoms with Gasteiger partial charge in [0.1, 0.15) is 11.5 Å². The minimum absolute atomic E-state index is 0.00956. The van der Waals surface area contributed by atoms with Crippen LogP contribution in [0.3, 0.4) is 0 Å². The van der Waals surface area contributed by atoms with Crippen LogP contribution in [0.15, 0.2) is 39.8 Å². The van der Waals surface area contributed by atoms with Crippen molar-refractivity contribution in [1.29, 1.82) is 0 Å². The molecule has 102 valence electrons. The maximum atomic E-state index is 12.1. The summed E-state index contributed by atoms with van der Waals surface area (Å²) in [5.74, 6) is 0.931. The number of aromatic nitrogens is 1. The maximum absolute atomic E-state index is 12.1. The Kier molecular flexibility index (Phi) is 3.59. The van der Waals surface area contributed by atoms with Crippen molar-refractivity contribution in [3.8, 4) is 5.75 Å². The molecule has 0 aliphatic rings. The van der Waals surface area contributed by atoms with E-state index in [0.717, 1.165) is 0 Å². The average molecular weight is 282 g/mol. The molecule has 6 nitrogen and oxygen atoms in total. The van der Waals surface area contributed by atoms with Crippen molar-refractivity contribution in [2.45, 2.75) is 24.8 Å². The Morgan fingerprint density at radius 2 is 1.95 bits per heavy atom. The number of rotatable bonds is 4. The molecule has 0 saturated carbocycles. The Morgan fingerprint density at radius 1 is 1.32 bits per heavy atom. The van der Waals surface area contributed by atoms with Crippen LogP contribution >= 0.6 is 0 Å². The second kappa shape index (κ2) is 5.02. The van der Waals surface area contributed by atoms with E-state index in [1.54, 1.807) is 13.8 Å². The molecular weight excluding hydrogens is 268 g/mol. The van der Waals surface area contributed by atoms with Gasteiger partial charge in [0.2, 0.25) is 15.9 Å². The van der Waals surface area contributed by atoms with E-state index in [1.807, 2.05) is 0 Å². The summed E-state index contributed by atoms with van der Waals surface area (Å²) >= 11 is 0. The predicted molar refractivity (Wildman–Crippen MR) is 68.1 cm³/mol. The summed E-state index contributed by atoms with van der Waals surface area (Å²) in [4.78, 5) is 4.04. The minimum atomic E-state index is -3.68. The predicted octanol–water partition coefficient (Wildman–Crippen LogP) is 1.73. The van der Waals surface area contributed by atoms with Crippen LogP contribution in [0.1, 0.15) is 24.6 Å². The molecule has 2 rings (SSSR count). The summed E-state index contributed by atoms with van der Waals surface area (Å²) in [6.45, 7) is 3.38. The summed E-state index contributed by atoms with van der Waals surface area (Å²) < 4.78 is 31.9. The first-order valence-electron chi connectivity index (χ1n) is 5.62. The summed E-state index contributed by atoms with van der Waals surface area (Å²) in [6.07, 6.45) is 1.53. The van der Waals surface area contributed by atoms with Crippen molar-refractivity contribution in [2.75, 3.05) is 0 Å². The highest BCUT2D eigenvalue weighted by molar-refractivity contribution is 7.89. The fourth-order valence-electron chi connectivity index (χ4n) is 1.55. The number of nitrogens with zero attached hydrogens (tertiary/aromatic N) is 1. The zero-order valence-corrected chi connectivity index (χ0v) is 11.3. The van der Waals surface area contributed by atoms with E-state index >= 15 is 0 Å². The Hall–Kier alpha value is -1.86. The van der Waals surface area contributed by atoms with Gasteiger partial charge in [0.15, 0.2) is 0 Å². The summed E-state index contributed by atoms with van der Waals surface area (Å²) in [5.41, 5.74) is 0. The van der Waals surface area contributed by atoms with Crippen molar-refractivity contribution in [3.05, 3.63) is 42.1 Å². The Balaban J connectivity index is 2.19. The number of benzene rings is 1. The third-order valence-corrected chi connectivity index (χ3v) is 4.05. The van der Waals surface area contributed by atoms with Gasteiger partial charge in [-0.3, -0.25) is 0 Å². The van der Waals surface area contributed by atoms with E-state index in [4.69, 9.17) is 9.52 Å². The number of aryl methyl sites for hydroxylation is 1.